The highest BCUT2D eigenvalue weighted by atomic mass is 16.5. The van der Waals surface area contributed by atoms with E-state index in [2.05, 4.69) is 11.0 Å². The number of ether oxygens (including phenoxy) is 1. The standard InChI is InChI=1S/C19H25NO2/c1-14-7-11-18(22-2)15(13-14)8-12-19(21)20(17-9-10-17)16-5-3-4-6-16/h7-8,11-13,16-17H,3-6,9-10H2,1-2H3/b12-8+. The highest BCUT2D eigenvalue weighted by Crippen LogP contribution is 2.34. The Balaban J connectivity index is 1.75. The van der Waals surface area contributed by atoms with Gasteiger partial charge in [-0.25, -0.2) is 0 Å². The molecule has 0 saturated heterocycles. The number of nitrogens with zero attached hydrogens (tertiary/aromatic N) is 1. The summed E-state index contributed by atoms with van der Waals surface area (Å²) in [5.41, 5.74) is 2.14. The van der Waals surface area contributed by atoms with Gasteiger partial charge in [0.25, 0.3) is 0 Å². The first-order valence-electron chi connectivity index (χ1n) is 8.34. The van der Waals surface area contributed by atoms with Gasteiger partial charge in [0, 0.05) is 23.7 Å². The number of carbonyl (C=O) groups excluding carboxylic acids is 1. The zero-order valence-corrected chi connectivity index (χ0v) is 13.5. The summed E-state index contributed by atoms with van der Waals surface area (Å²) in [6, 6.07) is 6.98. The quantitative estimate of drug-likeness (QED) is 0.770. The lowest BCUT2D eigenvalue weighted by molar-refractivity contribution is -0.128. The molecule has 0 N–H and O–H groups in total. The fourth-order valence-electron chi connectivity index (χ4n) is 3.42. The fraction of sp³-hybridized carbons (Fsp3) is 0.526. The van der Waals surface area contributed by atoms with Gasteiger partial charge in [0.15, 0.2) is 0 Å². The number of hydrogen-bond acceptors (Lipinski definition) is 2. The Morgan fingerprint density at radius 3 is 2.50 bits per heavy atom. The van der Waals surface area contributed by atoms with Crippen molar-refractivity contribution < 1.29 is 9.53 Å². The van der Waals surface area contributed by atoms with E-state index in [-0.39, 0.29) is 5.91 Å². The SMILES string of the molecule is COc1ccc(C)cc1/C=C/C(=O)N(C1CCCC1)C1CC1. The molecule has 22 heavy (non-hydrogen) atoms. The fourth-order valence-corrected chi connectivity index (χ4v) is 3.42. The topological polar surface area (TPSA) is 29.5 Å². The van der Waals surface area contributed by atoms with Gasteiger partial charge in [-0.3, -0.25) is 4.79 Å². The number of hydrogen-bond donors (Lipinski definition) is 0. The minimum atomic E-state index is 0.165. The molecule has 0 spiro atoms. The maximum absolute atomic E-state index is 12.7. The molecule has 1 amide bonds. The molecule has 1 aromatic carbocycles. The molecule has 3 heteroatoms. The minimum Gasteiger partial charge on any atom is -0.496 e. The number of methoxy groups -OCH3 is 1. The van der Waals surface area contributed by atoms with Crippen LogP contribution in [0.2, 0.25) is 0 Å². The Kier molecular flexibility index (Phi) is 4.51. The molecule has 0 aliphatic heterocycles. The molecular formula is C19H25NO2. The van der Waals surface area contributed by atoms with Crippen LogP contribution in [-0.4, -0.2) is 30.0 Å². The molecule has 2 fully saturated rings. The first-order chi connectivity index (χ1) is 10.7. The molecule has 0 atom stereocenters. The Morgan fingerprint density at radius 1 is 1.18 bits per heavy atom. The van der Waals surface area contributed by atoms with Crippen molar-refractivity contribution in [3.8, 4) is 5.75 Å². The third-order valence-electron chi connectivity index (χ3n) is 4.70. The molecule has 2 aliphatic carbocycles. The maximum atomic E-state index is 12.7. The van der Waals surface area contributed by atoms with Crippen LogP contribution in [0.4, 0.5) is 0 Å². The summed E-state index contributed by atoms with van der Waals surface area (Å²) in [6.45, 7) is 2.05. The van der Waals surface area contributed by atoms with Crippen LogP contribution in [0.15, 0.2) is 24.3 Å². The molecule has 118 valence electrons. The van der Waals surface area contributed by atoms with E-state index in [1.165, 1.54) is 44.1 Å². The highest BCUT2D eigenvalue weighted by molar-refractivity contribution is 5.92. The average molecular weight is 299 g/mol. The number of amides is 1. The van der Waals surface area contributed by atoms with Crippen LogP contribution in [-0.2, 0) is 4.79 Å². The van der Waals surface area contributed by atoms with Gasteiger partial charge in [0.1, 0.15) is 5.75 Å². The van der Waals surface area contributed by atoms with Gasteiger partial charge in [-0.05, 0) is 50.8 Å². The van der Waals surface area contributed by atoms with E-state index in [0.717, 1.165) is 11.3 Å². The molecule has 0 heterocycles. The normalized spacial score (nSPS) is 18.8. The second kappa shape index (κ2) is 6.55. The highest BCUT2D eigenvalue weighted by Gasteiger charge is 2.37. The summed E-state index contributed by atoms with van der Waals surface area (Å²) >= 11 is 0. The van der Waals surface area contributed by atoms with Crippen molar-refractivity contribution in [1.29, 1.82) is 0 Å². The second-order valence-electron chi connectivity index (χ2n) is 6.49. The van der Waals surface area contributed by atoms with E-state index in [1.54, 1.807) is 13.2 Å². The van der Waals surface area contributed by atoms with Crippen molar-refractivity contribution in [1.82, 2.24) is 4.90 Å². The van der Waals surface area contributed by atoms with Crippen molar-refractivity contribution in [2.24, 2.45) is 0 Å². The zero-order valence-electron chi connectivity index (χ0n) is 13.5. The summed E-state index contributed by atoms with van der Waals surface area (Å²) in [4.78, 5) is 14.8. The number of benzene rings is 1. The zero-order chi connectivity index (χ0) is 15.5. The predicted octanol–water partition coefficient (Wildman–Crippen LogP) is 3.95. The van der Waals surface area contributed by atoms with Crippen molar-refractivity contribution >= 4 is 12.0 Å². The van der Waals surface area contributed by atoms with Crippen LogP contribution in [0.3, 0.4) is 0 Å². The molecule has 0 aromatic heterocycles. The Bertz CT molecular complexity index is 569. The van der Waals surface area contributed by atoms with E-state index >= 15 is 0 Å². The van der Waals surface area contributed by atoms with Crippen molar-refractivity contribution in [2.45, 2.75) is 57.5 Å². The Labute approximate surface area is 133 Å². The van der Waals surface area contributed by atoms with Crippen molar-refractivity contribution in [3.05, 3.63) is 35.4 Å². The minimum absolute atomic E-state index is 0.165. The van der Waals surface area contributed by atoms with E-state index < -0.39 is 0 Å². The van der Waals surface area contributed by atoms with Gasteiger partial charge in [0.05, 0.1) is 7.11 Å². The first-order valence-corrected chi connectivity index (χ1v) is 8.34. The largest absolute Gasteiger partial charge is 0.496 e. The lowest BCUT2D eigenvalue weighted by atomic mass is 10.1. The van der Waals surface area contributed by atoms with E-state index in [9.17, 15) is 4.79 Å². The first kappa shape index (κ1) is 15.1. The van der Waals surface area contributed by atoms with Gasteiger partial charge in [-0.1, -0.05) is 24.5 Å². The molecular weight excluding hydrogens is 274 g/mol. The van der Waals surface area contributed by atoms with Crippen LogP contribution < -0.4 is 4.74 Å². The average Bonchev–Trinajstić information content (AvgIpc) is 3.19. The Morgan fingerprint density at radius 2 is 1.86 bits per heavy atom. The molecule has 2 aliphatic rings. The van der Waals surface area contributed by atoms with Crippen LogP contribution >= 0.6 is 0 Å². The molecule has 3 rings (SSSR count). The number of rotatable bonds is 5. The van der Waals surface area contributed by atoms with E-state index in [4.69, 9.17) is 4.74 Å². The Hall–Kier alpha value is -1.77. The smallest absolute Gasteiger partial charge is 0.247 e. The van der Waals surface area contributed by atoms with Gasteiger partial charge < -0.3 is 9.64 Å². The molecule has 1 aromatic rings. The van der Waals surface area contributed by atoms with Crippen LogP contribution in [0.1, 0.15) is 49.7 Å². The monoisotopic (exact) mass is 299 g/mol. The molecule has 0 unspecified atom stereocenters. The van der Waals surface area contributed by atoms with Gasteiger partial charge in [0.2, 0.25) is 5.91 Å². The van der Waals surface area contributed by atoms with Crippen LogP contribution in [0.5, 0.6) is 5.75 Å². The van der Waals surface area contributed by atoms with Gasteiger partial charge in [-0.15, -0.1) is 0 Å². The third kappa shape index (κ3) is 3.34. The molecule has 3 nitrogen and oxygen atoms in total. The van der Waals surface area contributed by atoms with E-state index in [1.807, 2.05) is 25.1 Å². The summed E-state index contributed by atoms with van der Waals surface area (Å²) in [7, 11) is 1.67. The summed E-state index contributed by atoms with van der Waals surface area (Å²) in [6.07, 6.45) is 10.8. The maximum Gasteiger partial charge on any atom is 0.247 e. The number of carbonyl (C=O) groups is 1. The summed E-state index contributed by atoms with van der Waals surface area (Å²) in [5, 5.41) is 0. The lowest BCUT2D eigenvalue weighted by Gasteiger charge is -2.28. The third-order valence-corrected chi connectivity index (χ3v) is 4.70. The van der Waals surface area contributed by atoms with Crippen LogP contribution in [0.25, 0.3) is 6.08 Å². The molecule has 0 bridgehead atoms. The van der Waals surface area contributed by atoms with Crippen LogP contribution in [0, 0.1) is 6.92 Å². The van der Waals surface area contributed by atoms with Gasteiger partial charge >= 0.3 is 0 Å². The van der Waals surface area contributed by atoms with Gasteiger partial charge in [-0.2, -0.15) is 0 Å². The molecule has 0 radical (unpaired) electrons. The number of aryl methyl sites for hydroxylation is 1. The second-order valence-corrected chi connectivity index (χ2v) is 6.49. The van der Waals surface area contributed by atoms with Crippen molar-refractivity contribution in [2.75, 3.05) is 7.11 Å². The predicted molar refractivity (Wildman–Crippen MR) is 88.9 cm³/mol. The lowest BCUT2D eigenvalue weighted by Crippen LogP contribution is -2.39. The molecule has 2 saturated carbocycles. The van der Waals surface area contributed by atoms with E-state index in [0.29, 0.717) is 12.1 Å². The summed E-state index contributed by atoms with van der Waals surface area (Å²) in [5.74, 6) is 0.978. The van der Waals surface area contributed by atoms with Crippen molar-refractivity contribution in [3.63, 3.8) is 0 Å². The summed E-state index contributed by atoms with van der Waals surface area (Å²) < 4.78 is 5.38.